The zero-order valence-electron chi connectivity index (χ0n) is 18.9. The Balaban J connectivity index is 1.32. The van der Waals surface area contributed by atoms with E-state index in [-0.39, 0.29) is 5.92 Å². The van der Waals surface area contributed by atoms with Crippen molar-refractivity contribution in [1.29, 1.82) is 0 Å². The highest BCUT2D eigenvalue weighted by molar-refractivity contribution is 6.03. The third kappa shape index (κ3) is 3.30. The van der Waals surface area contributed by atoms with Gasteiger partial charge in [0.05, 0.1) is 0 Å². The van der Waals surface area contributed by atoms with Crippen molar-refractivity contribution in [3.8, 4) is 11.4 Å². The van der Waals surface area contributed by atoms with Gasteiger partial charge in [-0.2, -0.15) is 0 Å². The number of hydrogen-bond donors (Lipinski definition) is 0. The van der Waals surface area contributed by atoms with Crippen LogP contribution in [0.3, 0.4) is 0 Å². The number of rotatable bonds is 4. The Morgan fingerprint density at radius 3 is 1.91 bits per heavy atom. The molecule has 166 valence electrons. The fourth-order valence-electron chi connectivity index (χ4n) is 4.94. The lowest BCUT2D eigenvalue weighted by molar-refractivity contribution is 0.667. The van der Waals surface area contributed by atoms with Crippen LogP contribution in [-0.4, -0.2) is 14.6 Å². The standard InChI is InChI=1S/C31H21N3O/c1-3-9-21(10-4-1)29(22-11-5-2-6-12-22)23-15-17-24(18-16-23)31-32-28-20-19-27-30(34(28)33-31)25-13-7-8-14-26(25)35-27/h1-20,29H. The maximum Gasteiger partial charge on any atom is 0.182 e. The lowest BCUT2D eigenvalue weighted by Gasteiger charge is -2.19. The van der Waals surface area contributed by atoms with Crippen LogP contribution in [0.2, 0.25) is 0 Å². The zero-order valence-corrected chi connectivity index (χ0v) is 18.9. The number of aromatic nitrogens is 3. The fraction of sp³-hybridized carbons (Fsp3) is 0.0323. The number of pyridine rings is 1. The van der Waals surface area contributed by atoms with Gasteiger partial charge in [0.15, 0.2) is 17.1 Å². The number of hydrogen-bond acceptors (Lipinski definition) is 3. The Bertz CT molecular complexity index is 1740. The number of fused-ring (bicyclic) bond motifs is 5. The van der Waals surface area contributed by atoms with E-state index in [9.17, 15) is 0 Å². The highest BCUT2D eigenvalue weighted by Gasteiger charge is 2.18. The van der Waals surface area contributed by atoms with E-state index >= 15 is 0 Å². The van der Waals surface area contributed by atoms with Crippen molar-refractivity contribution in [3.63, 3.8) is 0 Å². The van der Waals surface area contributed by atoms with Crippen molar-refractivity contribution in [3.05, 3.63) is 138 Å². The monoisotopic (exact) mass is 451 g/mol. The van der Waals surface area contributed by atoms with E-state index < -0.39 is 0 Å². The summed E-state index contributed by atoms with van der Waals surface area (Å²) in [6, 6.07) is 41.8. The van der Waals surface area contributed by atoms with Crippen LogP contribution in [0.25, 0.3) is 39.1 Å². The molecule has 0 saturated heterocycles. The van der Waals surface area contributed by atoms with Crippen molar-refractivity contribution < 1.29 is 4.42 Å². The van der Waals surface area contributed by atoms with Crippen molar-refractivity contribution in [2.75, 3.05) is 0 Å². The molecule has 0 spiro atoms. The predicted octanol–water partition coefficient (Wildman–Crippen LogP) is 7.48. The van der Waals surface area contributed by atoms with E-state index in [0.29, 0.717) is 5.82 Å². The summed E-state index contributed by atoms with van der Waals surface area (Å²) in [4.78, 5) is 4.82. The first kappa shape index (κ1) is 19.7. The molecule has 0 fully saturated rings. The van der Waals surface area contributed by atoms with Crippen LogP contribution in [0.1, 0.15) is 22.6 Å². The van der Waals surface area contributed by atoms with Gasteiger partial charge >= 0.3 is 0 Å². The molecule has 0 bridgehead atoms. The first-order valence-electron chi connectivity index (χ1n) is 11.7. The molecule has 0 aliphatic carbocycles. The Kier molecular flexibility index (Phi) is 4.49. The molecule has 0 amide bonds. The molecule has 0 aliphatic rings. The summed E-state index contributed by atoms with van der Waals surface area (Å²) < 4.78 is 7.90. The summed E-state index contributed by atoms with van der Waals surface area (Å²) in [6.45, 7) is 0. The molecule has 7 rings (SSSR count). The Morgan fingerprint density at radius 1 is 0.571 bits per heavy atom. The van der Waals surface area contributed by atoms with E-state index in [4.69, 9.17) is 14.5 Å². The first-order valence-corrected chi connectivity index (χ1v) is 11.7. The number of furan rings is 1. The molecule has 3 heterocycles. The van der Waals surface area contributed by atoms with Crippen molar-refractivity contribution in [1.82, 2.24) is 14.6 Å². The molecule has 7 aromatic rings. The number of nitrogens with zero attached hydrogens (tertiary/aromatic N) is 3. The van der Waals surface area contributed by atoms with Crippen LogP contribution in [0.4, 0.5) is 0 Å². The lowest BCUT2D eigenvalue weighted by Crippen LogP contribution is -2.03. The number of para-hydroxylation sites is 1. The summed E-state index contributed by atoms with van der Waals surface area (Å²) in [5.41, 5.74) is 8.16. The van der Waals surface area contributed by atoms with Crippen LogP contribution < -0.4 is 0 Å². The Labute approximate surface area is 202 Å². The summed E-state index contributed by atoms with van der Waals surface area (Å²) in [7, 11) is 0. The van der Waals surface area contributed by atoms with Gasteiger partial charge in [-0.1, -0.05) is 97.1 Å². The summed E-state index contributed by atoms with van der Waals surface area (Å²) >= 11 is 0. The summed E-state index contributed by atoms with van der Waals surface area (Å²) in [5.74, 6) is 0.864. The van der Waals surface area contributed by atoms with Gasteiger partial charge in [-0.3, -0.25) is 0 Å². The minimum atomic E-state index is 0.164. The zero-order chi connectivity index (χ0) is 23.2. The average Bonchev–Trinajstić information content (AvgIpc) is 3.52. The van der Waals surface area contributed by atoms with Crippen LogP contribution in [0.15, 0.2) is 126 Å². The highest BCUT2D eigenvalue weighted by atomic mass is 16.3. The molecule has 0 radical (unpaired) electrons. The minimum Gasteiger partial charge on any atom is -0.454 e. The highest BCUT2D eigenvalue weighted by Crippen LogP contribution is 2.33. The van der Waals surface area contributed by atoms with Gasteiger partial charge in [0.2, 0.25) is 0 Å². The predicted molar refractivity (Wildman–Crippen MR) is 140 cm³/mol. The van der Waals surface area contributed by atoms with Crippen LogP contribution in [-0.2, 0) is 0 Å². The second kappa shape index (κ2) is 7.96. The molecule has 3 aromatic heterocycles. The second-order valence-electron chi connectivity index (χ2n) is 8.73. The molecule has 4 aromatic carbocycles. The first-order chi connectivity index (χ1) is 17.3. The molecule has 0 saturated carbocycles. The van der Waals surface area contributed by atoms with Crippen LogP contribution in [0.5, 0.6) is 0 Å². The minimum absolute atomic E-state index is 0.164. The van der Waals surface area contributed by atoms with Crippen LogP contribution in [0, 0.1) is 0 Å². The van der Waals surface area contributed by atoms with E-state index in [1.807, 2.05) is 34.8 Å². The van der Waals surface area contributed by atoms with Crippen LogP contribution >= 0.6 is 0 Å². The molecule has 35 heavy (non-hydrogen) atoms. The molecule has 0 aliphatic heterocycles. The molecule has 4 heteroatoms. The quantitative estimate of drug-likeness (QED) is 0.261. The Hall–Kier alpha value is -4.70. The molecule has 0 atom stereocenters. The molecule has 0 unspecified atom stereocenters. The van der Waals surface area contributed by atoms with Gasteiger partial charge in [0, 0.05) is 16.9 Å². The van der Waals surface area contributed by atoms with Gasteiger partial charge in [0.25, 0.3) is 0 Å². The summed E-state index contributed by atoms with van der Waals surface area (Å²) in [6.07, 6.45) is 0. The van der Waals surface area contributed by atoms with Crippen molar-refractivity contribution in [2.24, 2.45) is 0 Å². The lowest BCUT2D eigenvalue weighted by atomic mass is 9.85. The normalized spacial score (nSPS) is 11.7. The molecular formula is C31H21N3O. The maximum absolute atomic E-state index is 6.01. The van der Waals surface area contributed by atoms with Gasteiger partial charge in [-0.25, -0.2) is 9.50 Å². The SMILES string of the molecule is c1ccc(C(c2ccccc2)c2ccc(-c3nc4ccc5oc6ccccc6c5n4n3)cc2)cc1. The largest absolute Gasteiger partial charge is 0.454 e. The molecule has 4 nitrogen and oxygen atoms in total. The Morgan fingerprint density at radius 2 is 1.20 bits per heavy atom. The molecular weight excluding hydrogens is 430 g/mol. The second-order valence-corrected chi connectivity index (χ2v) is 8.73. The van der Waals surface area contributed by atoms with Gasteiger partial charge < -0.3 is 4.42 Å². The van der Waals surface area contributed by atoms with E-state index in [1.165, 1.54) is 16.7 Å². The van der Waals surface area contributed by atoms with E-state index in [1.54, 1.807) is 0 Å². The van der Waals surface area contributed by atoms with E-state index in [0.717, 1.165) is 33.3 Å². The average molecular weight is 452 g/mol. The number of benzene rings is 4. The van der Waals surface area contributed by atoms with E-state index in [2.05, 4.69) is 91.0 Å². The smallest absolute Gasteiger partial charge is 0.182 e. The third-order valence-electron chi connectivity index (χ3n) is 6.59. The third-order valence-corrected chi connectivity index (χ3v) is 6.59. The topological polar surface area (TPSA) is 43.3 Å². The van der Waals surface area contributed by atoms with Crippen molar-refractivity contribution >= 4 is 27.7 Å². The van der Waals surface area contributed by atoms with Gasteiger partial charge in [-0.05, 0) is 41.0 Å². The maximum atomic E-state index is 6.01. The van der Waals surface area contributed by atoms with Gasteiger partial charge in [0.1, 0.15) is 11.1 Å². The summed E-state index contributed by atoms with van der Waals surface area (Å²) in [5, 5.41) is 5.91. The fourth-order valence-corrected chi connectivity index (χ4v) is 4.94. The molecule has 0 N–H and O–H groups in total. The van der Waals surface area contributed by atoms with Crippen molar-refractivity contribution in [2.45, 2.75) is 5.92 Å². The van der Waals surface area contributed by atoms with Gasteiger partial charge in [-0.15, -0.1) is 5.10 Å².